The number of ether oxygens (including phenoxy) is 3. The van der Waals surface area contributed by atoms with E-state index in [2.05, 4.69) is 5.43 Å². The number of methoxy groups -OCH3 is 1. The van der Waals surface area contributed by atoms with E-state index in [1.165, 1.54) is 12.1 Å². The van der Waals surface area contributed by atoms with Crippen molar-refractivity contribution >= 4 is 23.8 Å². The highest BCUT2D eigenvalue weighted by Crippen LogP contribution is 2.25. The highest BCUT2D eigenvalue weighted by Gasteiger charge is 2.31. The summed E-state index contributed by atoms with van der Waals surface area (Å²) in [5.41, 5.74) is 3.22. The number of rotatable bonds is 2. The standard InChI is InChI=1S/C16H22N2O4.C8H16N2O2/c1-16(2,3)22-15(20)18-10-6-9-17(18)13-8-5-7-12(11-13)14(19)21-4;1-8(2,3)12-7(11)10-6-4-5-9-10/h5,7-8,11H,6,9-10H2,1-4H3;9H,4-6H2,1-3H3. The number of esters is 1. The molecule has 34 heavy (non-hydrogen) atoms. The molecule has 2 saturated heterocycles. The zero-order valence-corrected chi connectivity index (χ0v) is 21.3. The van der Waals surface area contributed by atoms with Crippen molar-refractivity contribution in [2.45, 2.75) is 65.6 Å². The second-order valence-corrected chi connectivity index (χ2v) is 10.0. The molecule has 0 unspecified atom stereocenters. The van der Waals surface area contributed by atoms with E-state index >= 15 is 0 Å². The molecule has 0 atom stereocenters. The normalized spacial score (nSPS) is 16.0. The first-order chi connectivity index (χ1) is 15.8. The number of hydrazine groups is 2. The number of nitrogens with one attached hydrogen (secondary N) is 1. The average molecular weight is 479 g/mol. The third-order valence-electron chi connectivity index (χ3n) is 4.68. The maximum atomic E-state index is 12.3. The maximum Gasteiger partial charge on any atom is 0.429 e. The molecule has 1 aromatic carbocycles. The van der Waals surface area contributed by atoms with Gasteiger partial charge >= 0.3 is 18.2 Å². The summed E-state index contributed by atoms with van der Waals surface area (Å²) in [6, 6.07) is 7.03. The lowest BCUT2D eigenvalue weighted by Crippen LogP contribution is -2.44. The van der Waals surface area contributed by atoms with E-state index in [4.69, 9.17) is 14.2 Å². The van der Waals surface area contributed by atoms with Gasteiger partial charge in [-0.25, -0.2) is 29.8 Å². The zero-order chi connectivity index (χ0) is 25.5. The Kier molecular flexibility index (Phi) is 9.14. The van der Waals surface area contributed by atoms with E-state index in [1.807, 2.05) is 52.6 Å². The Balaban J connectivity index is 0.000000287. The molecule has 1 aromatic rings. The van der Waals surface area contributed by atoms with Crippen LogP contribution in [0.3, 0.4) is 0 Å². The van der Waals surface area contributed by atoms with Gasteiger partial charge in [0.15, 0.2) is 0 Å². The molecular formula is C24H38N4O6. The summed E-state index contributed by atoms with van der Waals surface area (Å²) in [4.78, 5) is 35.2. The van der Waals surface area contributed by atoms with Gasteiger partial charge < -0.3 is 14.2 Å². The molecule has 2 aliphatic rings. The number of anilines is 1. The predicted molar refractivity (Wildman–Crippen MR) is 128 cm³/mol. The minimum absolute atomic E-state index is 0.278. The van der Waals surface area contributed by atoms with E-state index in [-0.39, 0.29) is 12.2 Å². The quantitative estimate of drug-likeness (QED) is 0.503. The van der Waals surface area contributed by atoms with Gasteiger partial charge in [0.2, 0.25) is 0 Å². The first-order valence-electron chi connectivity index (χ1n) is 11.5. The van der Waals surface area contributed by atoms with Crippen LogP contribution in [0.15, 0.2) is 24.3 Å². The van der Waals surface area contributed by atoms with E-state index in [0.29, 0.717) is 18.7 Å². The number of amides is 2. The molecule has 0 bridgehead atoms. The molecule has 3 rings (SSSR count). The van der Waals surface area contributed by atoms with Gasteiger partial charge in [-0.2, -0.15) is 0 Å². The van der Waals surface area contributed by atoms with E-state index < -0.39 is 17.2 Å². The SMILES string of the molecule is CC(C)(C)OC(=O)N1CCCN1.COC(=O)c1cccc(N2CCCN2C(=O)OC(C)(C)C)c1. The molecule has 1 N–H and O–H groups in total. The molecule has 2 aliphatic heterocycles. The van der Waals surface area contributed by atoms with Crippen LogP contribution < -0.4 is 10.4 Å². The van der Waals surface area contributed by atoms with Gasteiger partial charge in [0.1, 0.15) is 11.2 Å². The lowest BCUT2D eigenvalue weighted by molar-refractivity contribution is 0.0209. The van der Waals surface area contributed by atoms with Crippen LogP contribution in [0.4, 0.5) is 15.3 Å². The highest BCUT2D eigenvalue weighted by molar-refractivity contribution is 5.90. The van der Waals surface area contributed by atoms with Crippen LogP contribution in [-0.4, -0.2) is 72.7 Å². The Morgan fingerprint density at radius 2 is 1.53 bits per heavy atom. The Morgan fingerprint density at radius 1 is 0.882 bits per heavy atom. The molecule has 10 nitrogen and oxygen atoms in total. The molecule has 2 fully saturated rings. The van der Waals surface area contributed by atoms with Crippen LogP contribution in [0.1, 0.15) is 64.7 Å². The molecule has 0 saturated carbocycles. The molecule has 0 aliphatic carbocycles. The Labute approximate surface area is 202 Å². The number of nitrogens with zero attached hydrogens (tertiary/aromatic N) is 3. The van der Waals surface area contributed by atoms with Gasteiger partial charge in [-0.1, -0.05) is 6.07 Å². The molecule has 10 heteroatoms. The summed E-state index contributed by atoms with van der Waals surface area (Å²) in [7, 11) is 1.35. The first-order valence-corrected chi connectivity index (χ1v) is 11.5. The van der Waals surface area contributed by atoms with E-state index in [9.17, 15) is 14.4 Å². The fourth-order valence-electron chi connectivity index (χ4n) is 3.30. The zero-order valence-electron chi connectivity index (χ0n) is 21.3. The third-order valence-corrected chi connectivity index (χ3v) is 4.68. The maximum absolute atomic E-state index is 12.3. The molecule has 0 spiro atoms. The summed E-state index contributed by atoms with van der Waals surface area (Å²) < 4.78 is 15.3. The molecule has 2 heterocycles. The number of hydrogen-bond acceptors (Lipinski definition) is 8. The Bertz CT molecular complexity index is 856. The molecule has 190 valence electrons. The summed E-state index contributed by atoms with van der Waals surface area (Å²) in [6.07, 6.45) is 1.19. The van der Waals surface area contributed by atoms with Gasteiger partial charge in [0.25, 0.3) is 0 Å². The van der Waals surface area contributed by atoms with Gasteiger partial charge in [-0.15, -0.1) is 0 Å². The third kappa shape index (κ3) is 8.40. The van der Waals surface area contributed by atoms with Crippen LogP contribution in [0.5, 0.6) is 0 Å². The lowest BCUT2D eigenvalue weighted by atomic mass is 10.2. The van der Waals surface area contributed by atoms with Crippen LogP contribution >= 0.6 is 0 Å². The predicted octanol–water partition coefficient (Wildman–Crippen LogP) is 3.97. The van der Waals surface area contributed by atoms with Crippen LogP contribution in [0.2, 0.25) is 0 Å². The topological polar surface area (TPSA) is 101 Å². The summed E-state index contributed by atoms with van der Waals surface area (Å²) >= 11 is 0. The van der Waals surface area contributed by atoms with Crippen molar-refractivity contribution in [3.05, 3.63) is 29.8 Å². The van der Waals surface area contributed by atoms with Gasteiger partial charge in [0, 0.05) is 26.2 Å². The van der Waals surface area contributed by atoms with Crippen molar-refractivity contribution in [2.75, 3.05) is 38.3 Å². The Morgan fingerprint density at radius 3 is 2.09 bits per heavy atom. The summed E-state index contributed by atoms with van der Waals surface area (Å²) in [5.74, 6) is -0.398. The average Bonchev–Trinajstić information content (AvgIpc) is 3.43. The summed E-state index contributed by atoms with van der Waals surface area (Å²) in [5, 5.41) is 4.92. The smallest absolute Gasteiger partial charge is 0.429 e. The van der Waals surface area contributed by atoms with Gasteiger partial charge in [-0.05, 0) is 72.6 Å². The van der Waals surface area contributed by atoms with Crippen molar-refractivity contribution in [3.8, 4) is 0 Å². The van der Waals surface area contributed by atoms with Crippen molar-refractivity contribution in [1.29, 1.82) is 0 Å². The molecule has 0 radical (unpaired) electrons. The highest BCUT2D eigenvalue weighted by atomic mass is 16.6. The Hall–Kier alpha value is -3.01. The van der Waals surface area contributed by atoms with Crippen molar-refractivity contribution in [3.63, 3.8) is 0 Å². The van der Waals surface area contributed by atoms with Crippen LogP contribution in [-0.2, 0) is 14.2 Å². The second-order valence-electron chi connectivity index (χ2n) is 10.0. The largest absolute Gasteiger partial charge is 0.465 e. The number of carbonyl (C=O) groups is 3. The van der Waals surface area contributed by atoms with Crippen molar-refractivity contribution in [2.24, 2.45) is 0 Å². The van der Waals surface area contributed by atoms with E-state index in [1.54, 1.807) is 23.2 Å². The number of carbonyl (C=O) groups excluding carboxylic acids is 3. The van der Waals surface area contributed by atoms with E-state index in [0.717, 1.165) is 31.6 Å². The second kappa shape index (κ2) is 11.4. The van der Waals surface area contributed by atoms with Gasteiger partial charge in [0.05, 0.1) is 18.4 Å². The van der Waals surface area contributed by atoms with Crippen LogP contribution in [0, 0.1) is 0 Å². The fraction of sp³-hybridized carbons (Fsp3) is 0.625. The van der Waals surface area contributed by atoms with Crippen molar-refractivity contribution in [1.82, 2.24) is 15.4 Å². The molecule has 2 amide bonds. The number of hydrogen-bond donors (Lipinski definition) is 1. The van der Waals surface area contributed by atoms with Crippen LogP contribution in [0.25, 0.3) is 0 Å². The molecular weight excluding hydrogens is 440 g/mol. The lowest BCUT2D eigenvalue weighted by Gasteiger charge is -2.31. The minimum atomic E-state index is -0.542. The summed E-state index contributed by atoms with van der Waals surface area (Å²) in [6.45, 7) is 14.0. The number of benzene rings is 1. The monoisotopic (exact) mass is 478 g/mol. The minimum Gasteiger partial charge on any atom is -0.465 e. The van der Waals surface area contributed by atoms with Gasteiger partial charge in [-0.3, -0.25) is 5.01 Å². The molecule has 0 aromatic heterocycles. The first kappa shape index (κ1) is 27.2. The van der Waals surface area contributed by atoms with Crippen molar-refractivity contribution < 1.29 is 28.6 Å². The fourth-order valence-corrected chi connectivity index (χ4v) is 3.30.